The summed E-state index contributed by atoms with van der Waals surface area (Å²) in [6.45, 7) is 0.743. The van der Waals surface area contributed by atoms with Gasteiger partial charge in [0.1, 0.15) is 6.61 Å². The number of ether oxygens (including phenoxy) is 1. The molecule has 2 N–H and O–H groups in total. The first-order valence-corrected chi connectivity index (χ1v) is 6.26. The first-order chi connectivity index (χ1) is 9.20. The SMILES string of the molecule is O=C(CO)OCC(=O)n1ccc(C2CCCNC2)n1. The maximum atomic E-state index is 11.7. The number of nitrogens with zero attached hydrogens (tertiary/aromatic N) is 2. The van der Waals surface area contributed by atoms with Gasteiger partial charge in [-0.05, 0) is 25.5 Å². The van der Waals surface area contributed by atoms with E-state index < -0.39 is 25.1 Å². The van der Waals surface area contributed by atoms with Crippen molar-refractivity contribution in [3.05, 3.63) is 18.0 Å². The molecule has 0 radical (unpaired) electrons. The van der Waals surface area contributed by atoms with Crippen LogP contribution in [-0.4, -0.2) is 53.1 Å². The first-order valence-electron chi connectivity index (χ1n) is 6.26. The molecule has 1 saturated heterocycles. The molecule has 7 heteroatoms. The molecule has 19 heavy (non-hydrogen) atoms. The third-order valence-electron chi connectivity index (χ3n) is 3.07. The average Bonchev–Trinajstić information content (AvgIpc) is 2.95. The van der Waals surface area contributed by atoms with E-state index in [1.807, 2.05) is 6.07 Å². The lowest BCUT2D eigenvalue weighted by atomic mass is 9.97. The summed E-state index contributed by atoms with van der Waals surface area (Å²) < 4.78 is 5.73. The monoisotopic (exact) mass is 267 g/mol. The van der Waals surface area contributed by atoms with Gasteiger partial charge < -0.3 is 15.2 Å². The van der Waals surface area contributed by atoms with Crippen LogP contribution in [0.25, 0.3) is 0 Å². The van der Waals surface area contributed by atoms with E-state index in [4.69, 9.17) is 5.11 Å². The van der Waals surface area contributed by atoms with E-state index >= 15 is 0 Å². The zero-order valence-corrected chi connectivity index (χ0v) is 10.5. The van der Waals surface area contributed by atoms with Crippen molar-refractivity contribution in [3.8, 4) is 0 Å². The smallest absolute Gasteiger partial charge is 0.332 e. The van der Waals surface area contributed by atoms with Crippen molar-refractivity contribution in [2.24, 2.45) is 0 Å². The zero-order chi connectivity index (χ0) is 13.7. The van der Waals surface area contributed by atoms with Gasteiger partial charge in [-0.25, -0.2) is 9.48 Å². The molecular weight excluding hydrogens is 250 g/mol. The van der Waals surface area contributed by atoms with Gasteiger partial charge in [-0.2, -0.15) is 5.10 Å². The van der Waals surface area contributed by atoms with Crippen molar-refractivity contribution < 1.29 is 19.4 Å². The van der Waals surface area contributed by atoms with E-state index in [2.05, 4.69) is 15.2 Å². The Bertz CT molecular complexity index is 452. The van der Waals surface area contributed by atoms with Crippen LogP contribution >= 0.6 is 0 Å². The molecule has 104 valence electrons. The number of aliphatic hydroxyl groups excluding tert-OH is 1. The van der Waals surface area contributed by atoms with Crippen molar-refractivity contribution in [2.45, 2.75) is 18.8 Å². The van der Waals surface area contributed by atoms with Crippen molar-refractivity contribution >= 4 is 11.9 Å². The number of esters is 1. The predicted molar refractivity (Wildman–Crippen MR) is 65.7 cm³/mol. The van der Waals surface area contributed by atoms with Gasteiger partial charge in [-0.15, -0.1) is 0 Å². The number of hydrogen-bond donors (Lipinski definition) is 2. The molecule has 0 aromatic carbocycles. The van der Waals surface area contributed by atoms with Crippen LogP contribution in [0.15, 0.2) is 12.3 Å². The fraction of sp³-hybridized carbons (Fsp3) is 0.583. The van der Waals surface area contributed by atoms with E-state index in [-0.39, 0.29) is 0 Å². The minimum absolute atomic E-state index is 0.322. The first kappa shape index (κ1) is 13.7. The number of aromatic nitrogens is 2. The molecule has 2 rings (SSSR count). The number of piperidine rings is 1. The van der Waals surface area contributed by atoms with Crippen molar-refractivity contribution in [1.29, 1.82) is 0 Å². The van der Waals surface area contributed by atoms with Gasteiger partial charge in [-0.1, -0.05) is 0 Å². The standard InChI is InChI=1S/C12H17N3O4/c16-7-12(18)19-8-11(17)15-5-3-10(14-15)9-2-1-4-13-6-9/h3,5,9,13,16H,1-2,4,6-8H2. The van der Waals surface area contributed by atoms with Gasteiger partial charge in [0, 0.05) is 18.7 Å². The third kappa shape index (κ3) is 3.62. The molecule has 1 aliphatic rings. The molecular formula is C12H17N3O4. The second kappa shape index (κ2) is 6.44. The molecule has 1 fully saturated rings. The van der Waals surface area contributed by atoms with E-state index in [0.29, 0.717) is 5.92 Å². The van der Waals surface area contributed by atoms with Crippen LogP contribution in [0.1, 0.15) is 29.2 Å². The van der Waals surface area contributed by atoms with Crippen molar-refractivity contribution in [3.63, 3.8) is 0 Å². The lowest BCUT2D eigenvalue weighted by Crippen LogP contribution is -2.29. The Morgan fingerprint density at radius 3 is 3.11 bits per heavy atom. The fourth-order valence-electron chi connectivity index (χ4n) is 2.05. The molecule has 7 nitrogen and oxygen atoms in total. The highest BCUT2D eigenvalue weighted by molar-refractivity contribution is 5.82. The topological polar surface area (TPSA) is 93.5 Å². The number of rotatable bonds is 4. The fourth-order valence-corrected chi connectivity index (χ4v) is 2.05. The number of hydrogen-bond acceptors (Lipinski definition) is 6. The average molecular weight is 267 g/mol. The van der Waals surface area contributed by atoms with Crippen LogP contribution in [-0.2, 0) is 9.53 Å². The molecule has 0 amide bonds. The van der Waals surface area contributed by atoms with Crippen LogP contribution in [0.3, 0.4) is 0 Å². The lowest BCUT2D eigenvalue weighted by molar-refractivity contribution is -0.145. The largest absolute Gasteiger partial charge is 0.454 e. The highest BCUT2D eigenvalue weighted by Gasteiger charge is 2.19. The quantitative estimate of drug-likeness (QED) is 0.716. The van der Waals surface area contributed by atoms with Gasteiger partial charge in [0.25, 0.3) is 5.91 Å². The number of nitrogens with one attached hydrogen (secondary N) is 1. The minimum Gasteiger partial charge on any atom is -0.454 e. The van der Waals surface area contributed by atoms with Crippen LogP contribution in [0, 0.1) is 0 Å². The Morgan fingerprint density at radius 2 is 2.42 bits per heavy atom. The maximum Gasteiger partial charge on any atom is 0.332 e. The summed E-state index contributed by atoms with van der Waals surface area (Å²) in [6.07, 6.45) is 3.72. The molecule has 0 bridgehead atoms. The van der Waals surface area contributed by atoms with E-state index in [1.54, 1.807) is 6.20 Å². The Hall–Kier alpha value is -1.73. The highest BCUT2D eigenvalue weighted by Crippen LogP contribution is 2.21. The number of carbonyl (C=O) groups excluding carboxylic acids is 2. The summed E-state index contributed by atoms with van der Waals surface area (Å²) >= 11 is 0. The molecule has 0 saturated carbocycles. The molecule has 1 aliphatic heterocycles. The molecule has 0 spiro atoms. The molecule has 2 heterocycles. The number of aliphatic hydroxyl groups is 1. The Kier molecular flexibility index (Phi) is 4.64. The molecule has 1 unspecified atom stereocenters. The molecule has 1 aromatic rings. The second-order valence-corrected chi connectivity index (χ2v) is 4.44. The number of carbonyl (C=O) groups is 2. The molecule has 1 atom stereocenters. The van der Waals surface area contributed by atoms with Gasteiger partial charge in [0.15, 0.2) is 6.61 Å². The van der Waals surface area contributed by atoms with Crippen molar-refractivity contribution in [2.75, 3.05) is 26.3 Å². The molecule has 1 aromatic heterocycles. The summed E-state index contributed by atoms with van der Waals surface area (Å²) in [6, 6.07) is 1.81. The molecule has 0 aliphatic carbocycles. The summed E-state index contributed by atoms with van der Waals surface area (Å²) in [4.78, 5) is 22.4. The van der Waals surface area contributed by atoms with E-state index in [1.165, 1.54) is 4.68 Å². The van der Waals surface area contributed by atoms with Gasteiger partial charge in [0.2, 0.25) is 0 Å². The minimum atomic E-state index is -0.822. The van der Waals surface area contributed by atoms with Gasteiger partial charge in [0.05, 0.1) is 5.69 Å². The highest BCUT2D eigenvalue weighted by atomic mass is 16.5. The van der Waals surface area contributed by atoms with E-state index in [9.17, 15) is 9.59 Å². The van der Waals surface area contributed by atoms with Crippen molar-refractivity contribution in [1.82, 2.24) is 15.1 Å². The summed E-state index contributed by atoms with van der Waals surface area (Å²) in [5.74, 6) is -0.933. The normalized spacial score (nSPS) is 19.1. The zero-order valence-electron chi connectivity index (χ0n) is 10.5. The summed E-state index contributed by atoms with van der Waals surface area (Å²) in [5, 5.41) is 16.0. The second-order valence-electron chi connectivity index (χ2n) is 4.44. The van der Waals surface area contributed by atoms with Gasteiger partial charge in [-0.3, -0.25) is 4.79 Å². The van der Waals surface area contributed by atoms with E-state index in [0.717, 1.165) is 31.6 Å². The predicted octanol–water partition coefficient (Wildman–Crippen LogP) is -0.474. The van der Waals surface area contributed by atoms with Crippen LogP contribution in [0.2, 0.25) is 0 Å². The Balaban J connectivity index is 1.92. The lowest BCUT2D eigenvalue weighted by Gasteiger charge is -2.20. The van der Waals surface area contributed by atoms with Crippen LogP contribution in [0.4, 0.5) is 0 Å². The van der Waals surface area contributed by atoms with Crippen LogP contribution in [0.5, 0.6) is 0 Å². The maximum absolute atomic E-state index is 11.7. The Morgan fingerprint density at radius 1 is 1.58 bits per heavy atom. The summed E-state index contributed by atoms with van der Waals surface area (Å²) in [7, 11) is 0. The van der Waals surface area contributed by atoms with Crippen LogP contribution < -0.4 is 5.32 Å². The Labute approximate surface area is 110 Å². The third-order valence-corrected chi connectivity index (χ3v) is 3.07. The van der Waals surface area contributed by atoms with Gasteiger partial charge >= 0.3 is 5.97 Å². The summed E-state index contributed by atoms with van der Waals surface area (Å²) in [5.41, 5.74) is 0.869.